The van der Waals surface area contributed by atoms with E-state index in [0.717, 1.165) is 18.0 Å². The lowest BCUT2D eigenvalue weighted by Crippen LogP contribution is -2.30. The Morgan fingerprint density at radius 1 is 1.20 bits per heavy atom. The quantitative estimate of drug-likeness (QED) is 0.807. The van der Waals surface area contributed by atoms with Crippen LogP contribution in [0.1, 0.15) is 53.4 Å². The van der Waals surface area contributed by atoms with Crippen molar-refractivity contribution in [2.24, 2.45) is 11.3 Å². The Labute approximate surface area is 123 Å². The molecule has 0 aliphatic heterocycles. The van der Waals surface area contributed by atoms with Crippen LogP contribution in [0, 0.1) is 11.3 Å². The van der Waals surface area contributed by atoms with Crippen molar-refractivity contribution in [3.05, 3.63) is 24.3 Å². The minimum absolute atomic E-state index is 0.520. The third-order valence-electron chi connectivity index (χ3n) is 4.16. The number of rotatable bonds is 5. The third-order valence-corrected chi connectivity index (χ3v) is 4.16. The molecular weight excluding hydrogens is 246 g/mol. The van der Waals surface area contributed by atoms with Crippen molar-refractivity contribution in [3.63, 3.8) is 0 Å². The van der Waals surface area contributed by atoms with Gasteiger partial charge in [0.1, 0.15) is 5.75 Å². The molecule has 0 spiro atoms. The molecule has 1 aliphatic rings. The highest BCUT2D eigenvalue weighted by Gasteiger charge is 2.26. The van der Waals surface area contributed by atoms with Crippen molar-refractivity contribution in [1.29, 1.82) is 0 Å². The zero-order valence-corrected chi connectivity index (χ0v) is 13.4. The Balaban J connectivity index is 1.95. The number of hydrogen-bond acceptors (Lipinski definition) is 2. The van der Waals surface area contributed by atoms with Crippen LogP contribution in [-0.4, -0.2) is 12.6 Å². The Morgan fingerprint density at radius 3 is 2.50 bits per heavy atom. The summed E-state index contributed by atoms with van der Waals surface area (Å²) in [4.78, 5) is 0. The van der Waals surface area contributed by atoms with Gasteiger partial charge in [0.2, 0.25) is 0 Å². The lowest BCUT2D eigenvalue weighted by molar-refractivity contribution is 0.231. The lowest BCUT2D eigenvalue weighted by atomic mass is 9.75. The van der Waals surface area contributed by atoms with E-state index in [-0.39, 0.29) is 0 Å². The van der Waals surface area contributed by atoms with Crippen molar-refractivity contribution >= 4 is 5.69 Å². The average Bonchev–Trinajstić information content (AvgIpc) is 2.40. The minimum Gasteiger partial charge on any atom is -0.491 e. The summed E-state index contributed by atoms with van der Waals surface area (Å²) in [6.45, 7) is 9.89. The van der Waals surface area contributed by atoms with E-state index in [4.69, 9.17) is 4.74 Å². The van der Waals surface area contributed by atoms with E-state index >= 15 is 0 Å². The number of nitrogens with one attached hydrogen (secondary N) is 1. The molecule has 1 aliphatic carbocycles. The Hall–Kier alpha value is -1.18. The fraction of sp³-hybridized carbons (Fsp3) is 0.667. The first-order chi connectivity index (χ1) is 9.46. The van der Waals surface area contributed by atoms with E-state index < -0.39 is 0 Å². The third kappa shape index (κ3) is 4.43. The van der Waals surface area contributed by atoms with E-state index in [0.29, 0.717) is 17.4 Å². The van der Waals surface area contributed by atoms with Gasteiger partial charge in [-0.3, -0.25) is 0 Å². The molecule has 0 heterocycles. The van der Waals surface area contributed by atoms with Crippen LogP contribution in [0.5, 0.6) is 5.75 Å². The van der Waals surface area contributed by atoms with Gasteiger partial charge in [0.15, 0.2) is 0 Å². The highest BCUT2D eigenvalue weighted by molar-refractivity contribution is 5.56. The maximum atomic E-state index is 5.92. The van der Waals surface area contributed by atoms with E-state index in [1.807, 2.05) is 6.07 Å². The molecule has 2 nitrogen and oxygen atoms in total. The molecule has 0 amide bonds. The van der Waals surface area contributed by atoms with Crippen LogP contribution < -0.4 is 10.1 Å². The molecule has 2 rings (SSSR count). The first-order valence-corrected chi connectivity index (χ1v) is 7.95. The van der Waals surface area contributed by atoms with Crippen LogP contribution in [0.2, 0.25) is 0 Å². The van der Waals surface area contributed by atoms with E-state index in [1.165, 1.54) is 25.7 Å². The normalized spacial score (nSPS) is 19.1. The largest absolute Gasteiger partial charge is 0.491 e. The first kappa shape index (κ1) is 15.2. The SMILES string of the molecule is CC(C)COc1ccccc1NC1CCC(C)(C)CC1. The summed E-state index contributed by atoms with van der Waals surface area (Å²) in [7, 11) is 0. The molecule has 112 valence electrons. The summed E-state index contributed by atoms with van der Waals surface area (Å²) < 4.78 is 5.92. The minimum atomic E-state index is 0.520. The topological polar surface area (TPSA) is 21.3 Å². The van der Waals surface area contributed by atoms with E-state index in [1.54, 1.807) is 0 Å². The Morgan fingerprint density at radius 2 is 1.85 bits per heavy atom. The van der Waals surface area contributed by atoms with Gasteiger partial charge < -0.3 is 10.1 Å². The summed E-state index contributed by atoms with van der Waals surface area (Å²) in [6, 6.07) is 8.92. The first-order valence-electron chi connectivity index (χ1n) is 7.95. The zero-order valence-electron chi connectivity index (χ0n) is 13.4. The summed E-state index contributed by atoms with van der Waals surface area (Å²) in [5.41, 5.74) is 1.67. The molecule has 1 N–H and O–H groups in total. The number of anilines is 1. The molecule has 1 aromatic rings. The monoisotopic (exact) mass is 275 g/mol. The molecule has 0 unspecified atom stereocenters. The molecule has 1 aromatic carbocycles. The lowest BCUT2D eigenvalue weighted by Gasteiger charge is -2.35. The summed E-state index contributed by atoms with van der Waals surface area (Å²) in [5, 5.41) is 3.69. The summed E-state index contributed by atoms with van der Waals surface area (Å²) in [5.74, 6) is 1.55. The molecule has 2 heteroatoms. The van der Waals surface area contributed by atoms with Crippen LogP contribution in [0.25, 0.3) is 0 Å². The molecule has 0 radical (unpaired) electrons. The van der Waals surface area contributed by atoms with Crippen molar-refractivity contribution < 1.29 is 4.74 Å². The highest BCUT2D eigenvalue weighted by Crippen LogP contribution is 2.37. The van der Waals surface area contributed by atoms with Gasteiger partial charge in [-0.2, -0.15) is 0 Å². The number of para-hydroxylation sites is 2. The van der Waals surface area contributed by atoms with Gasteiger partial charge >= 0.3 is 0 Å². The highest BCUT2D eigenvalue weighted by atomic mass is 16.5. The fourth-order valence-electron chi connectivity index (χ4n) is 2.73. The van der Waals surface area contributed by atoms with Gasteiger partial charge in [0.25, 0.3) is 0 Å². The fourth-order valence-corrected chi connectivity index (χ4v) is 2.73. The Bertz CT molecular complexity index is 415. The number of benzene rings is 1. The van der Waals surface area contributed by atoms with Crippen LogP contribution in [0.4, 0.5) is 5.69 Å². The zero-order chi connectivity index (χ0) is 14.6. The predicted molar refractivity (Wildman–Crippen MR) is 86.4 cm³/mol. The van der Waals surface area contributed by atoms with Crippen LogP contribution in [0.15, 0.2) is 24.3 Å². The molecular formula is C18H29NO. The molecule has 1 fully saturated rings. The van der Waals surface area contributed by atoms with E-state index in [2.05, 4.69) is 51.2 Å². The second-order valence-corrected chi connectivity index (χ2v) is 7.28. The second-order valence-electron chi connectivity index (χ2n) is 7.28. The molecule has 0 saturated heterocycles. The number of hydrogen-bond donors (Lipinski definition) is 1. The second kappa shape index (κ2) is 6.51. The van der Waals surface area contributed by atoms with Gasteiger partial charge in [-0.05, 0) is 49.1 Å². The summed E-state index contributed by atoms with van der Waals surface area (Å²) in [6.07, 6.45) is 5.12. The van der Waals surface area contributed by atoms with Gasteiger partial charge in [-0.1, -0.05) is 39.8 Å². The van der Waals surface area contributed by atoms with Crippen molar-refractivity contribution in [1.82, 2.24) is 0 Å². The van der Waals surface area contributed by atoms with Gasteiger partial charge in [-0.25, -0.2) is 0 Å². The van der Waals surface area contributed by atoms with E-state index in [9.17, 15) is 0 Å². The van der Waals surface area contributed by atoms with Crippen molar-refractivity contribution in [3.8, 4) is 5.75 Å². The molecule has 0 atom stereocenters. The molecule has 0 bridgehead atoms. The number of ether oxygens (including phenoxy) is 1. The maximum Gasteiger partial charge on any atom is 0.142 e. The van der Waals surface area contributed by atoms with Crippen LogP contribution >= 0.6 is 0 Å². The van der Waals surface area contributed by atoms with Crippen molar-refractivity contribution in [2.75, 3.05) is 11.9 Å². The Kier molecular flexibility index (Phi) is 4.95. The van der Waals surface area contributed by atoms with Gasteiger partial charge in [0.05, 0.1) is 12.3 Å². The predicted octanol–water partition coefficient (Wildman–Crippen LogP) is 5.10. The average molecular weight is 275 g/mol. The summed E-state index contributed by atoms with van der Waals surface area (Å²) >= 11 is 0. The standard InChI is InChI=1S/C18H29NO/c1-14(2)13-20-17-8-6-5-7-16(17)19-15-9-11-18(3,4)12-10-15/h5-8,14-15,19H,9-13H2,1-4H3. The molecule has 1 saturated carbocycles. The maximum absolute atomic E-state index is 5.92. The molecule has 20 heavy (non-hydrogen) atoms. The molecule has 0 aromatic heterocycles. The van der Waals surface area contributed by atoms with Crippen molar-refractivity contribution in [2.45, 2.75) is 59.4 Å². The van der Waals surface area contributed by atoms with Crippen LogP contribution in [0.3, 0.4) is 0 Å². The smallest absolute Gasteiger partial charge is 0.142 e. The van der Waals surface area contributed by atoms with Gasteiger partial charge in [0, 0.05) is 6.04 Å². The van der Waals surface area contributed by atoms with Crippen LogP contribution in [-0.2, 0) is 0 Å². The van der Waals surface area contributed by atoms with Gasteiger partial charge in [-0.15, -0.1) is 0 Å².